The van der Waals surface area contributed by atoms with E-state index >= 15 is 0 Å². The Morgan fingerprint density at radius 1 is 1.31 bits per heavy atom. The standard InChI is InChI=1S/C13H17F2N/c1-9-3-2-4-12(16-9)7-10-5-6-11(14)8-13(10)15/h5-6,8-9,12,16H,2-4,7H2,1H3. The molecule has 1 heterocycles. The van der Waals surface area contributed by atoms with E-state index in [1.165, 1.54) is 18.9 Å². The second-order valence-corrected chi connectivity index (χ2v) is 4.64. The minimum Gasteiger partial charge on any atom is -0.311 e. The van der Waals surface area contributed by atoms with Crippen molar-refractivity contribution in [3.05, 3.63) is 35.4 Å². The fourth-order valence-corrected chi connectivity index (χ4v) is 2.35. The molecular weight excluding hydrogens is 208 g/mol. The molecule has 0 spiro atoms. The molecule has 0 bridgehead atoms. The number of benzene rings is 1. The van der Waals surface area contributed by atoms with Gasteiger partial charge >= 0.3 is 0 Å². The molecule has 0 amide bonds. The Morgan fingerprint density at radius 2 is 2.12 bits per heavy atom. The predicted molar refractivity (Wildman–Crippen MR) is 60.3 cm³/mol. The first kappa shape index (κ1) is 11.5. The van der Waals surface area contributed by atoms with Crippen molar-refractivity contribution in [3.63, 3.8) is 0 Å². The highest BCUT2D eigenvalue weighted by Gasteiger charge is 2.19. The van der Waals surface area contributed by atoms with Crippen LogP contribution in [0.25, 0.3) is 0 Å². The van der Waals surface area contributed by atoms with Crippen molar-refractivity contribution >= 4 is 0 Å². The Labute approximate surface area is 94.9 Å². The summed E-state index contributed by atoms with van der Waals surface area (Å²) in [4.78, 5) is 0. The molecule has 1 saturated heterocycles. The van der Waals surface area contributed by atoms with Crippen LogP contribution in [0, 0.1) is 11.6 Å². The van der Waals surface area contributed by atoms with E-state index in [1.807, 2.05) is 0 Å². The summed E-state index contributed by atoms with van der Waals surface area (Å²) >= 11 is 0. The van der Waals surface area contributed by atoms with Gasteiger partial charge in [0.05, 0.1) is 0 Å². The molecule has 0 aliphatic carbocycles. The third kappa shape index (κ3) is 2.79. The van der Waals surface area contributed by atoms with E-state index in [1.54, 1.807) is 6.07 Å². The molecule has 16 heavy (non-hydrogen) atoms. The molecule has 0 radical (unpaired) electrons. The minimum absolute atomic E-state index is 0.323. The van der Waals surface area contributed by atoms with E-state index in [4.69, 9.17) is 0 Å². The number of hydrogen-bond donors (Lipinski definition) is 1. The molecular formula is C13H17F2N. The van der Waals surface area contributed by atoms with E-state index in [0.29, 0.717) is 24.1 Å². The highest BCUT2D eigenvalue weighted by atomic mass is 19.1. The lowest BCUT2D eigenvalue weighted by Crippen LogP contribution is -2.41. The number of nitrogens with one attached hydrogen (secondary N) is 1. The molecule has 1 aliphatic heterocycles. The Balaban J connectivity index is 2.02. The van der Waals surface area contributed by atoms with E-state index < -0.39 is 11.6 Å². The average molecular weight is 225 g/mol. The van der Waals surface area contributed by atoms with Crippen molar-refractivity contribution in [2.75, 3.05) is 0 Å². The third-order valence-electron chi connectivity index (χ3n) is 3.19. The van der Waals surface area contributed by atoms with E-state index in [9.17, 15) is 8.78 Å². The van der Waals surface area contributed by atoms with Crippen LogP contribution in [0.5, 0.6) is 0 Å². The molecule has 1 fully saturated rings. The van der Waals surface area contributed by atoms with Gasteiger partial charge in [0, 0.05) is 18.2 Å². The molecule has 0 aromatic heterocycles. The second kappa shape index (κ2) is 4.91. The third-order valence-corrected chi connectivity index (χ3v) is 3.19. The predicted octanol–water partition coefficient (Wildman–Crippen LogP) is 3.04. The zero-order valence-electron chi connectivity index (χ0n) is 9.47. The van der Waals surface area contributed by atoms with Gasteiger partial charge < -0.3 is 5.32 Å². The van der Waals surface area contributed by atoms with Crippen molar-refractivity contribution < 1.29 is 8.78 Å². The fraction of sp³-hybridized carbons (Fsp3) is 0.538. The summed E-state index contributed by atoms with van der Waals surface area (Å²) in [5, 5.41) is 3.45. The van der Waals surface area contributed by atoms with Crippen LogP contribution in [0.2, 0.25) is 0 Å². The zero-order chi connectivity index (χ0) is 11.5. The second-order valence-electron chi connectivity index (χ2n) is 4.64. The lowest BCUT2D eigenvalue weighted by molar-refractivity contribution is 0.331. The van der Waals surface area contributed by atoms with Gasteiger partial charge in [0.1, 0.15) is 11.6 Å². The van der Waals surface area contributed by atoms with Crippen molar-refractivity contribution in [1.82, 2.24) is 5.32 Å². The van der Waals surface area contributed by atoms with Crippen LogP contribution in [0.3, 0.4) is 0 Å². The smallest absolute Gasteiger partial charge is 0.129 e. The molecule has 88 valence electrons. The molecule has 2 rings (SSSR count). The largest absolute Gasteiger partial charge is 0.311 e. The van der Waals surface area contributed by atoms with Gasteiger partial charge in [-0.2, -0.15) is 0 Å². The van der Waals surface area contributed by atoms with Gasteiger partial charge in [-0.25, -0.2) is 8.78 Å². The van der Waals surface area contributed by atoms with Gasteiger partial charge in [0.15, 0.2) is 0 Å². The Bertz CT molecular complexity index is 365. The zero-order valence-corrected chi connectivity index (χ0v) is 9.47. The maximum absolute atomic E-state index is 13.4. The quantitative estimate of drug-likeness (QED) is 0.815. The van der Waals surface area contributed by atoms with E-state index in [0.717, 1.165) is 12.5 Å². The number of rotatable bonds is 2. The Kier molecular flexibility index (Phi) is 3.54. The first-order valence-corrected chi connectivity index (χ1v) is 5.85. The first-order chi connectivity index (χ1) is 7.65. The van der Waals surface area contributed by atoms with Crippen LogP contribution in [0.4, 0.5) is 8.78 Å². The van der Waals surface area contributed by atoms with Gasteiger partial charge in [-0.15, -0.1) is 0 Å². The summed E-state index contributed by atoms with van der Waals surface area (Å²) in [5.74, 6) is -0.939. The number of hydrogen-bond acceptors (Lipinski definition) is 1. The molecule has 3 heteroatoms. The lowest BCUT2D eigenvalue weighted by atomic mass is 9.94. The minimum atomic E-state index is -0.508. The maximum Gasteiger partial charge on any atom is 0.129 e. The molecule has 2 unspecified atom stereocenters. The maximum atomic E-state index is 13.4. The molecule has 1 aromatic carbocycles. The van der Waals surface area contributed by atoms with Crippen LogP contribution >= 0.6 is 0 Å². The van der Waals surface area contributed by atoms with Crippen LogP contribution in [0.15, 0.2) is 18.2 Å². The van der Waals surface area contributed by atoms with Crippen molar-refractivity contribution in [2.24, 2.45) is 0 Å². The van der Waals surface area contributed by atoms with Crippen LogP contribution in [-0.2, 0) is 6.42 Å². The molecule has 1 aromatic rings. The van der Waals surface area contributed by atoms with Gasteiger partial charge in [0.25, 0.3) is 0 Å². The van der Waals surface area contributed by atoms with Crippen molar-refractivity contribution in [1.29, 1.82) is 0 Å². The highest BCUT2D eigenvalue weighted by molar-refractivity contribution is 5.19. The normalized spacial score (nSPS) is 25.7. The number of piperidine rings is 1. The summed E-state index contributed by atoms with van der Waals surface area (Å²) in [6.45, 7) is 2.15. The van der Waals surface area contributed by atoms with Gasteiger partial charge in [0.2, 0.25) is 0 Å². The fourth-order valence-electron chi connectivity index (χ4n) is 2.35. The van der Waals surface area contributed by atoms with Crippen molar-refractivity contribution in [3.8, 4) is 0 Å². The topological polar surface area (TPSA) is 12.0 Å². The van der Waals surface area contributed by atoms with Crippen LogP contribution < -0.4 is 5.32 Å². The Hall–Kier alpha value is -0.960. The van der Waals surface area contributed by atoms with Crippen LogP contribution in [-0.4, -0.2) is 12.1 Å². The Morgan fingerprint density at radius 3 is 2.81 bits per heavy atom. The molecule has 0 saturated carbocycles. The van der Waals surface area contributed by atoms with E-state index in [2.05, 4.69) is 12.2 Å². The monoisotopic (exact) mass is 225 g/mol. The summed E-state index contributed by atoms with van der Waals surface area (Å²) < 4.78 is 26.2. The average Bonchev–Trinajstić information content (AvgIpc) is 2.22. The lowest BCUT2D eigenvalue weighted by Gasteiger charge is -2.28. The highest BCUT2D eigenvalue weighted by Crippen LogP contribution is 2.18. The molecule has 2 atom stereocenters. The molecule has 1 nitrogen and oxygen atoms in total. The molecule has 1 N–H and O–H groups in total. The summed E-state index contributed by atoms with van der Waals surface area (Å²) in [5.41, 5.74) is 0.605. The van der Waals surface area contributed by atoms with Gasteiger partial charge in [-0.3, -0.25) is 0 Å². The van der Waals surface area contributed by atoms with Gasteiger partial charge in [-0.05, 0) is 37.8 Å². The summed E-state index contributed by atoms with van der Waals surface area (Å²) in [7, 11) is 0. The summed E-state index contributed by atoms with van der Waals surface area (Å²) in [6.07, 6.45) is 4.08. The van der Waals surface area contributed by atoms with Crippen LogP contribution in [0.1, 0.15) is 31.7 Å². The van der Waals surface area contributed by atoms with E-state index in [-0.39, 0.29) is 0 Å². The number of halogens is 2. The summed E-state index contributed by atoms with van der Waals surface area (Å²) in [6, 6.07) is 4.66. The first-order valence-electron chi connectivity index (χ1n) is 5.85. The van der Waals surface area contributed by atoms with Gasteiger partial charge in [-0.1, -0.05) is 12.5 Å². The van der Waals surface area contributed by atoms with Crippen molar-refractivity contribution in [2.45, 2.75) is 44.7 Å². The molecule has 1 aliphatic rings. The SMILES string of the molecule is CC1CCCC(Cc2ccc(F)cc2F)N1.